The van der Waals surface area contributed by atoms with Crippen LogP contribution in [0.5, 0.6) is 0 Å². The van der Waals surface area contributed by atoms with Gasteiger partial charge in [0.2, 0.25) is 0 Å². The van der Waals surface area contributed by atoms with Crippen LogP contribution >= 0.6 is 40.7 Å². The Morgan fingerprint density at radius 3 is 1.95 bits per heavy atom. The summed E-state index contributed by atoms with van der Waals surface area (Å²) in [5.74, 6) is -0.953. The molecule has 1 aliphatic heterocycles. The molecule has 2 rings (SSSR count). The summed E-state index contributed by atoms with van der Waals surface area (Å²) in [6, 6.07) is 2.43. The first-order valence-electron chi connectivity index (χ1n) is 6.90. The lowest BCUT2D eigenvalue weighted by atomic mass is 9.80. The Morgan fingerprint density at radius 2 is 1.55 bits per heavy atom. The Bertz CT molecular complexity index is 466. The van der Waals surface area contributed by atoms with Gasteiger partial charge in [0.1, 0.15) is 11.6 Å². The van der Waals surface area contributed by atoms with Crippen LogP contribution in [-0.4, -0.2) is 31.1 Å². The fourth-order valence-electron chi connectivity index (χ4n) is 2.92. The number of hydrogen-bond acceptors (Lipinski definition) is 2. The van der Waals surface area contributed by atoms with Gasteiger partial charge in [-0.15, -0.1) is 24.8 Å². The molecule has 7 heteroatoms. The lowest BCUT2D eigenvalue weighted by Gasteiger charge is -2.42. The van der Waals surface area contributed by atoms with Gasteiger partial charge < -0.3 is 5.32 Å². The average molecular weight is 420 g/mol. The smallest absolute Gasteiger partial charge is 0.132 e. The van der Waals surface area contributed by atoms with Gasteiger partial charge >= 0.3 is 0 Å². The van der Waals surface area contributed by atoms with E-state index in [-0.39, 0.29) is 41.8 Å². The normalized spacial score (nSPS) is 17.4. The van der Waals surface area contributed by atoms with Crippen molar-refractivity contribution in [2.75, 3.05) is 26.2 Å². The monoisotopic (exact) mass is 418 g/mol. The summed E-state index contributed by atoms with van der Waals surface area (Å²) in [5.41, 5.74) is -0.0602. The molecule has 2 nitrogen and oxygen atoms in total. The van der Waals surface area contributed by atoms with Crippen molar-refractivity contribution in [1.82, 2.24) is 10.2 Å². The van der Waals surface area contributed by atoms with E-state index in [1.54, 1.807) is 0 Å². The van der Waals surface area contributed by atoms with Gasteiger partial charge in [-0.05, 0) is 17.5 Å². The van der Waals surface area contributed by atoms with Gasteiger partial charge in [-0.25, -0.2) is 8.78 Å². The Kier molecular flexibility index (Phi) is 8.81. The van der Waals surface area contributed by atoms with Gasteiger partial charge in [0.25, 0.3) is 0 Å². The highest BCUT2D eigenvalue weighted by Crippen LogP contribution is 2.41. The van der Waals surface area contributed by atoms with Crippen LogP contribution in [0.4, 0.5) is 8.78 Å². The lowest BCUT2D eigenvalue weighted by molar-refractivity contribution is 0.0804. The molecule has 0 aromatic heterocycles. The minimum atomic E-state index is -0.477. The van der Waals surface area contributed by atoms with Crippen LogP contribution in [0, 0.1) is 17.0 Å². The molecule has 0 aliphatic carbocycles. The van der Waals surface area contributed by atoms with Gasteiger partial charge in [0, 0.05) is 42.3 Å². The fraction of sp³-hybridized carbons (Fsp3) is 0.600. The van der Waals surface area contributed by atoms with E-state index in [0.29, 0.717) is 4.47 Å². The molecule has 0 saturated carbocycles. The molecule has 0 radical (unpaired) electrons. The molecule has 0 amide bonds. The maximum absolute atomic E-state index is 14.3. The van der Waals surface area contributed by atoms with Crippen LogP contribution in [0.2, 0.25) is 0 Å². The second kappa shape index (κ2) is 8.78. The van der Waals surface area contributed by atoms with E-state index in [1.807, 2.05) is 20.8 Å². The Balaban J connectivity index is 0.00000220. The quantitative estimate of drug-likeness (QED) is 0.755. The maximum atomic E-state index is 14.3. The Hall–Kier alpha value is 0.0600. The van der Waals surface area contributed by atoms with Crippen molar-refractivity contribution in [3.63, 3.8) is 0 Å². The topological polar surface area (TPSA) is 15.3 Å². The van der Waals surface area contributed by atoms with Crippen LogP contribution in [0.1, 0.15) is 32.4 Å². The lowest BCUT2D eigenvalue weighted by Crippen LogP contribution is -2.48. The number of halogens is 5. The summed E-state index contributed by atoms with van der Waals surface area (Å²) >= 11 is 3.14. The van der Waals surface area contributed by atoms with E-state index < -0.39 is 11.6 Å². The third kappa shape index (κ3) is 5.03. The zero-order valence-corrected chi connectivity index (χ0v) is 16.2. The largest absolute Gasteiger partial charge is 0.314 e. The second-order valence-corrected chi connectivity index (χ2v) is 7.25. The summed E-state index contributed by atoms with van der Waals surface area (Å²) < 4.78 is 29.1. The Labute approximate surface area is 152 Å². The van der Waals surface area contributed by atoms with Crippen molar-refractivity contribution >= 4 is 40.7 Å². The van der Waals surface area contributed by atoms with Gasteiger partial charge in [-0.2, -0.15) is 0 Å². The number of benzene rings is 1. The third-order valence-corrected chi connectivity index (χ3v) is 4.11. The summed E-state index contributed by atoms with van der Waals surface area (Å²) in [6.07, 6.45) is 0. The fourth-order valence-corrected chi connectivity index (χ4v) is 3.32. The number of nitrogens with zero attached hydrogens (tertiary/aromatic N) is 1. The maximum Gasteiger partial charge on any atom is 0.132 e. The minimum Gasteiger partial charge on any atom is -0.314 e. The molecule has 1 heterocycles. The molecule has 1 N–H and O–H groups in total. The molecule has 1 aromatic rings. The number of hydrogen-bond donors (Lipinski definition) is 1. The molecular weight excluding hydrogens is 397 g/mol. The summed E-state index contributed by atoms with van der Waals surface area (Å²) in [4.78, 5) is 2.17. The van der Waals surface area contributed by atoms with Crippen molar-refractivity contribution in [1.29, 1.82) is 0 Å². The number of rotatable bonds is 2. The van der Waals surface area contributed by atoms with Crippen LogP contribution in [0.15, 0.2) is 16.6 Å². The standard InChI is InChI=1S/C15H21BrF2N2.2ClH/c1-15(2,3)14(20-6-4-19-5-7-20)13-11(17)8-10(16)9-12(13)18;;/h8-9,14,19H,4-7H2,1-3H3;2*1H/t14-;;/m1../s1. The van der Waals surface area contributed by atoms with E-state index >= 15 is 0 Å². The van der Waals surface area contributed by atoms with Crippen molar-refractivity contribution in [3.05, 3.63) is 33.8 Å². The second-order valence-electron chi connectivity index (χ2n) is 6.34. The molecular formula is C15H23BrCl2F2N2. The first-order chi connectivity index (χ1) is 9.30. The molecule has 1 aromatic carbocycles. The first-order valence-corrected chi connectivity index (χ1v) is 7.69. The van der Waals surface area contributed by atoms with E-state index in [0.717, 1.165) is 26.2 Å². The summed E-state index contributed by atoms with van der Waals surface area (Å²) in [7, 11) is 0. The van der Waals surface area contributed by atoms with Crippen molar-refractivity contribution in [2.24, 2.45) is 5.41 Å². The van der Waals surface area contributed by atoms with Crippen LogP contribution in [0.25, 0.3) is 0 Å². The molecule has 1 atom stereocenters. The minimum absolute atomic E-state index is 0. The molecule has 1 aliphatic rings. The molecule has 0 unspecified atom stereocenters. The molecule has 1 saturated heterocycles. The molecule has 0 bridgehead atoms. The molecule has 1 fully saturated rings. The molecule has 128 valence electrons. The van der Waals surface area contributed by atoms with Gasteiger partial charge in [-0.3, -0.25) is 4.90 Å². The van der Waals surface area contributed by atoms with Gasteiger partial charge in [-0.1, -0.05) is 36.7 Å². The molecule has 22 heavy (non-hydrogen) atoms. The zero-order chi connectivity index (χ0) is 14.9. The summed E-state index contributed by atoms with van der Waals surface area (Å²) in [5, 5.41) is 3.27. The number of nitrogens with one attached hydrogen (secondary N) is 1. The van der Waals surface area contributed by atoms with Gasteiger partial charge in [0.05, 0.1) is 0 Å². The predicted molar refractivity (Wildman–Crippen MR) is 95.2 cm³/mol. The van der Waals surface area contributed by atoms with E-state index in [9.17, 15) is 8.78 Å². The van der Waals surface area contributed by atoms with Gasteiger partial charge in [0.15, 0.2) is 0 Å². The van der Waals surface area contributed by atoms with Crippen molar-refractivity contribution in [2.45, 2.75) is 26.8 Å². The van der Waals surface area contributed by atoms with Crippen LogP contribution < -0.4 is 5.32 Å². The first kappa shape index (κ1) is 22.1. The van der Waals surface area contributed by atoms with E-state index in [1.165, 1.54) is 12.1 Å². The van der Waals surface area contributed by atoms with Crippen LogP contribution in [0.3, 0.4) is 0 Å². The van der Waals surface area contributed by atoms with Crippen molar-refractivity contribution < 1.29 is 8.78 Å². The Morgan fingerprint density at radius 1 is 1.09 bits per heavy atom. The van der Waals surface area contributed by atoms with E-state index in [2.05, 4.69) is 26.1 Å². The highest BCUT2D eigenvalue weighted by molar-refractivity contribution is 9.10. The predicted octanol–water partition coefficient (Wildman–Crippen LogP) is 4.56. The van der Waals surface area contributed by atoms with Crippen molar-refractivity contribution in [3.8, 4) is 0 Å². The SMILES string of the molecule is CC(C)(C)[C@@H](c1c(F)cc(Br)cc1F)N1CCNCC1.Cl.Cl. The van der Waals surface area contributed by atoms with Crippen LogP contribution in [-0.2, 0) is 0 Å². The highest BCUT2D eigenvalue weighted by Gasteiger charge is 2.36. The third-order valence-electron chi connectivity index (χ3n) is 3.65. The summed E-state index contributed by atoms with van der Waals surface area (Å²) in [6.45, 7) is 9.40. The van der Waals surface area contributed by atoms with E-state index in [4.69, 9.17) is 0 Å². The highest BCUT2D eigenvalue weighted by atomic mass is 79.9. The average Bonchev–Trinajstić information content (AvgIpc) is 2.33. The zero-order valence-electron chi connectivity index (χ0n) is 13.0. The molecule has 0 spiro atoms. The number of piperazine rings is 1.